The third-order valence-electron chi connectivity index (χ3n) is 3.87. The molecule has 0 bridgehead atoms. The summed E-state index contributed by atoms with van der Waals surface area (Å²) in [6.45, 7) is 6.14. The van der Waals surface area contributed by atoms with Crippen LogP contribution >= 0.6 is 35.1 Å². The minimum absolute atomic E-state index is 0.107. The van der Waals surface area contributed by atoms with E-state index in [0.717, 1.165) is 6.08 Å². The van der Waals surface area contributed by atoms with Gasteiger partial charge in [0.25, 0.3) is 0 Å². The second kappa shape index (κ2) is 9.16. The van der Waals surface area contributed by atoms with Crippen molar-refractivity contribution < 1.29 is 56.3 Å². The van der Waals surface area contributed by atoms with Crippen LogP contribution in [0.4, 0.5) is 0 Å². The van der Waals surface area contributed by atoms with Gasteiger partial charge in [0.15, 0.2) is 6.23 Å². The maximum Gasteiger partial charge on any atom is 0.490 e. The summed E-state index contributed by atoms with van der Waals surface area (Å²) < 4.78 is 51.5. The van der Waals surface area contributed by atoms with Crippen molar-refractivity contribution in [2.45, 2.75) is 23.3 Å². The summed E-state index contributed by atoms with van der Waals surface area (Å²) >= 11 is 6.23. The van der Waals surface area contributed by atoms with Gasteiger partial charge in [-0.15, -0.1) is 18.2 Å². The number of hydrogen-bond acceptors (Lipinski definition) is 11. The average Bonchev–Trinajstić information content (AvgIpc) is 2.82. The summed E-state index contributed by atoms with van der Waals surface area (Å²) in [5, 5.41) is 9.35. The number of nitrogens with two attached hydrogens (primary N) is 1. The van der Waals surface area contributed by atoms with Crippen molar-refractivity contribution >= 4 is 40.9 Å². The number of aliphatic imine (C=N–C) groups is 1. The number of halogens is 1. The summed E-state index contributed by atoms with van der Waals surface area (Å²) in [6.07, 6.45) is 1.10. The zero-order valence-corrected chi connectivity index (χ0v) is 18.8. The highest BCUT2D eigenvalue weighted by Crippen LogP contribution is 2.66. The summed E-state index contributed by atoms with van der Waals surface area (Å²) in [4.78, 5) is 41.1. The number of phosphoric acid groups is 3. The van der Waals surface area contributed by atoms with Crippen LogP contribution in [0.2, 0.25) is 0 Å². The lowest BCUT2D eigenvalue weighted by molar-refractivity contribution is -0.102. The van der Waals surface area contributed by atoms with E-state index in [1.807, 2.05) is 0 Å². The number of phosphoric ester groups is 1. The molecule has 2 unspecified atom stereocenters. The van der Waals surface area contributed by atoms with E-state index in [0.29, 0.717) is 0 Å². The zero-order valence-electron chi connectivity index (χ0n) is 15.4. The standard InChI is InChI=1S/C12H19ClN3O12P3/c1-3-12(6-25-30(21,22)28-31(23,24)27-29(18,19)20)10(17)9(13)11(26-12)16-5-4-8(14)15-7(16)2/h3-5,9-11,17H,1-2,6H2,(H2,14,15)(H,21,22)(H,23,24)(H2,18,19,20)/t9-,10+,11-,12-/m1/s1. The summed E-state index contributed by atoms with van der Waals surface area (Å²) in [6, 6.07) is 0. The summed E-state index contributed by atoms with van der Waals surface area (Å²) in [7, 11) is -16.7. The first-order valence-corrected chi connectivity index (χ1v) is 12.9. The van der Waals surface area contributed by atoms with Gasteiger partial charge in [-0.2, -0.15) is 8.62 Å². The lowest BCUT2D eigenvalue weighted by atomic mass is 9.98. The quantitative estimate of drug-likeness (QED) is 0.134. The number of nitrogens with zero attached hydrogens (tertiary/aromatic N) is 2. The van der Waals surface area contributed by atoms with Gasteiger partial charge in [0, 0.05) is 6.20 Å². The molecule has 19 heteroatoms. The second-order valence-electron chi connectivity index (χ2n) is 6.10. The largest absolute Gasteiger partial charge is 0.490 e. The topological polar surface area (TPSA) is 231 Å². The van der Waals surface area contributed by atoms with E-state index < -0.39 is 53.4 Å². The fourth-order valence-electron chi connectivity index (χ4n) is 2.55. The number of ether oxygens (including phenoxy) is 1. The predicted octanol–water partition coefficient (Wildman–Crippen LogP) is 0.237. The molecule has 0 spiro atoms. The van der Waals surface area contributed by atoms with E-state index in [-0.39, 0.29) is 11.7 Å². The van der Waals surface area contributed by atoms with Crippen molar-refractivity contribution in [3.05, 3.63) is 37.3 Å². The van der Waals surface area contributed by atoms with Gasteiger partial charge in [-0.1, -0.05) is 12.7 Å². The van der Waals surface area contributed by atoms with Crippen LogP contribution in [0.3, 0.4) is 0 Å². The van der Waals surface area contributed by atoms with Crippen molar-refractivity contribution in [3.63, 3.8) is 0 Å². The molecule has 176 valence electrons. The molecule has 0 amide bonds. The van der Waals surface area contributed by atoms with Crippen LogP contribution in [0.1, 0.15) is 0 Å². The van der Waals surface area contributed by atoms with Crippen LogP contribution < -0.4 is 5.73 Å². The SMILES string of the molecule is C=C[C@]1(COP(=O)(O)OP(=O)(O)OP(=O)(O)O)O[C@@H](N2C=CC(N)=NC2=C)[C@H](Cl)[C@@H]1O. The minimum Gasteiger partial charge on any atom is -0.388 e. The van der Waals surface area contributed by atoms with Crippen molar-refractivity contribution in [3.8, 4) is 0 Å². The van der Waals surface area contributed by atoms with Gasteiger partial charge in [0.1, 0.15) is 28.7 Å². The predicted molar refractivity (Wildman–Crippen MR) is 105 cm³/mol. The Hall–Kier alpha value is -0.890. The van der Waals surface area contributed by atoms with Crippen LogP contribution in [0, 0.1) is 0 Å². The van der Waals surface area contributed by atoms with Gasteiger partial charge >= 0.3 is 23.5 Å². The van der Waals surface area contributed by atoms with E-state index in [1.54, 1.807) is 0 Å². The number of hydrogen-bond donors (Lipinski definition) is 6. The Kier molecular flexibility index (Phi) is 7.79. The molecular weight excluding hydrogens is 507 g/mol. The van der Waals surface area contributed by atoms with Crippen molar-refractivity contribution in [1.29, 1.82) is 0 Å². The lowest BCUT2D eigenvalue weighted by Gasteiger charge is -2.32. The fraction of sp³-hybridized carbons (Fsp3) is 0.417. The van der Waals surface area contributed by atoms with Gasteiger partial charge in [-0.05, 0) is 6.08 Å². The van der Waals surface area contributed by atoms with E-state index in [9.17, 15) is 28.6 Å². The highest BCUT2D eigenvalue weighted by Gasteiger charge is 2.56. The highest BCUT2D eigenvalue weighted by atomic mass is 35.5. The Morgan fingerprint density at radius 1 is 1.29 bits per heavy atom. The number of rotatable bonds is 9. The van der Waals surface area contributed by atoms with Crippen LogP contribution in [-0.2, 0) is 31.6 Å². The Balaban J connectivity index is 2.15. The van der Waals surface area contributed by atoms with E-state index in [2.05, 4.69) is 31.3 Å². The molecule has 2 aliphatic rings. The fourth-order valence-corrected chi connectivity index (χ4v) is 5.99. The molecule has 1 saturated heterocycles. The smallest absolute Gasteiger partial charge is 0.388 e. The van der Waals surface area contributed by atoms with Crippen LogP contribution in [0.15, 0.2) is 42.3 Å². The molecule has 31 heavy (non-hydrogen) atoms. The molecule has 6 atom stereocenters. The maximum atomic E-state index is 12.0. The molecule has 2 aliphatic heterocycles. The molecule has 7 N–H and O–H groups in total. The summed E-state index contributed by atoms with van der Waals surface area (Å²) in [5.41, 5.74) is 3.63. The molecule has 0 aliphatic carbocycles. The normalized spacial score (nSPS) is 33.0. The van der Waals surface area contributed by atoms with Gasteiger partial charge in [0.05, 0.1) is 6.61 Å². The third kappa shape index (κ3) is 6.56. The lowest BCUT2D eigenvalue weighted by Crippen LogP contribution is -2.44. The van der Waals surface area contributed by atoms with E-state index >= 15 is 0 Å². The van der Waals surface area contributed by atoms with Gasteiger partial charge in [0.2, 0.25) is 0 Å². The molecule has 0 aromatic carbocycles. The Labute approximate surface area is 180 Å². The molecule has 2 rings (SSSR count). The molecule has 0 radical (unpaired) electrons. The highest BCUT2D eigenvalue weighted by molar-refractivity contribution is 7.66. The second-order valence-corrected chi connectivity index (χ2v) is 11.0. The first-order valence-electron chi connectivity index (χ1n) is 7.92. The van der Waals surface area contributed by atoms with Crippen molar-refractivity contribution in [2.24, 2.45) is 10.7 Å². The van der Waals surface area contributed by atoms with Crippen LogP contribution in [0.25, 0.3) is 0 Å². The molecule has 0 aromatic heterocycles. The first-order chi connectivity index (χ1) is 14.0. The van der Waals surface area contributed by atoms with E-state index in [1.165, 1.54) is 17.2 Å². The monoisotopic (exact) mass is 525 g/mol. The Bertz CT molecular complexity index is 952. The van der Waals surface area contributed by atoms with Crippen LogP contribution in [-0.4, -0.2) is 65.3 Å². The molecule has 15 nitrogen and oxygen atoms in total. The minimum atomic E-state index is -5.71. The Morgan fingerprint density at radius 3 is 2.42 bits per heavy atom. The van der Waals surface area contributed by atoms with Crippen LogP contribution in [0.5, 0.6) is 0 Å². The molecule has 1 fully saturated rings. The number of amidine groups is 1. The number of alkyl halides is 1. The number of aliphatic hydroxyl groups excluding tert-OH is 1. The summed E-state index contributed by atoms with van der Waals surface area (Å²) in [5.74, 6) is 0.254. The van der Waals surface area contributed by atoms with Crippen molar-refractivity contribution in [2.75, 3.05) is 6.61 Å². The maximum absolute atomic E-state index is 12.0. The molecule has 2 heterocycles. The van der Waals surface area contributed by atoms with E-state index in [4.69, 9.17) is 31.9 Å². The Morgan fingerprint density at radius 2 is 1.90 bits per heavy atom. The average molecular weight is 526 g/mol. The first kappa shape index (κ1) is 26.4. The molecule has 0 saturated carbocycles. The van der Waals surface area contributed by atoms with Gasteiger partial charge in [-0.3, -0.25) is 4.52 Å². The zero-order chi connectivity index (χ0) is 23.8. The molecular formula is C12H19ClN3O12P3. The van der Waals surface area contributed by atoms with Gasteiger partial charge < -0.3 is 40.1 Å². The van der Waals surface area contributed by atoms with Gasteiger partial charge in [-0.25, -0.2) is 18.7 Å². The third-order valence-corrected chi connectivity index (χ3v) is 8.10. The van der Waals surface area contributed by atoms with Crippen molar-refractivity contribution in [1.82, 2.24) is 4.90 Å². The molecule has 0 aromatic rings. The number of aliphatic hydroxyl groups is 1.